The van der Waals surface area contributed by atoms with Crippen LogP contribution in [0.3, 0.4) is 0 Å². The van der Waals surface area contributed by atoms with Crippen LogP contribution in [0.15, 0.2) is 0 Å². The van der Waals surface area contributed by atoms with Gasteiger partial charge in [0, 0.05) is 30.6 Å². The second-order valence-corrected chi connectivity index (χ2v) is 5.81. The number of nitrogens with zero attached hydrogens (tertiary/aromatic N) is 1. The Hall–Kier alpha value is -0.450. The lowest BCUT2D eigenvalue weighted by Gasteiger charge is -2.35. The average molecular weight is 269 g/mol. The van der Waals surface area contributed by atoms with E-state index < -0.39 is 0 Å². The first-order valence-electron chi connectivity index (χ1n) is 7.77. The van der Waals surface area contributed by atoms with Gasteiger partial charge in [-0.05, 0) is 46.2 Å². The summed E-state index contributed by atoms with van der Waals surface area (Å²) in [6.45, 7) is 7.98. The third kappa shape index (κ3) is 4.86. The highest BCUT2D eigenvalue weighted by Crippen LogP contribution is 2.25. The number of hydrogen-bond donors (Lipinski definition) is 2. The van der Waals surface area contributed by atoms with E-state index in [-0.39, 0.29) is 12.0 Å². The van der Waals surface area contributed by atoms with E-state index >= 15 is 0 Å². The molecule has 2 aliphatic rings. The predicted octanol–water partition coefficient (Wildman–Crippen LogP) is 1.39. The van der Waals surface area contributed by atoms with Crippen LogP contribution in [0, 0.1) is 5.92 Å². The quantitative estimate of drug-likeness (QED) is 0.813. The van der Waals surface area contributed by atoms with Crippen molar-refractivity contribution in [2.45, 2.75) is 64.6 Å². The Kier molecular flexibility index (Phi) is 6.97. The highest BCUT2D eigenvalue weighted by Gasteiger charge is 2.32. The zero-order valence-corrected chi connectivity index (χ0v) is 13.0. The minimum absolute atomic E-state index is 0.219. The van der Waals surface area contributed by atoms with Gasteiger partial charge in [0.15, 0.2) is 0 Å². The molecule has 1 aliphatic heterocycles. The van der Waals surface area contributed by atoms with Crippen LogP contribution in [-0.4, -0.2) is 48.9 Å². The van der Waals surface area contributed by atoms with Crippen molar-refractivity contribution in [1.29, 1.82) is 0 Å². The van der Waals surface area contributed by atoms with Crippen molar-refractivity contribution in [1.82, 2.24) is 10.2 Å². The number of carbonyl (C=O) groups excluding carboxylic acids is 1. The molecule has 0 amide bonds. The fraction of sp³-hybridized carbons (Fsp3) is 0.933. The zero-order valence-electron chi connectivity index (χ0n) is 13.0. The van der Waals surface area contributed by atoms with Gasteiger partial charge >= 0.3 is 0 Å². The van der Waals surface area contributed by atoms with Crippen molar-refractivity contribution < 1.29 is 4.79 Å². The van der Waals surface area contributed by atoms with E-state index in [0.717, 1.165) is 32.4 Å². The Morgan fingerprint density at radius 1 is 1.26 bits per heavy atom. The lowest BCUT2D eigenvalue weighted by molar-refractivity contribution is -0.122. The zero-order chi connectivity index (χ0) is 14.4. The molecule has 4 heteroatoms. The van der Waals surface area contributed by atoms with Gasteiger partial charge in [0.2, 0.25) is 0 Å². The Morgan fingerprint density at radius 3 is 2.47 bits per heavy atom. The van der Waals surface area contributed by atoms with Gasteiger partial charge in [0.25, 0.3) is 0 Å². The van der Waals surface area contributed by atoms with Crippen molar-refractivity contribution >= 4 is 5.78 Å². The first-order chi connectivity index (χ1) is 9.06. The number of ketones is 1. The maximum atomic E-state index is 11.5. The van der Waals surface area contributed by atoms with E-state index in [4.69, 9.17) is 5.73 Å². The van der Waals surface area contributed by atoms with E-state index in [9.17, 15) is 4.79 Å². The third-order valence-electron chi connectivity index (χ3n) is 4.32. The monoisotopic (exact) mass is 269 g/mol. The van der Waals surface area contributed by atoms with E-state index in [1.807, 2.05) is 13.8 Å². The summed E-state index contributed by atoms with van der Waals surface area (Å²) in [4.78, 5) is 13.8. The van der Waals surface area contributed by atoms with Crippen LogP contribution >= 0.6 is 0 Å². The molecule has 2 fully saturated rings. The number of likely N-dealkylation sites (N-methyl/N-ethyl adjacent to an activating group) is 1. The maximum absolute atomic E-state index is 11.5. The summed E-state index contributed by atoms with van der Waals surface area (Å²) >= 11 is 0. The molecule has 3 N–H and O–H groups in total. The van der Waals surface area contributed by atoms with Crippen molar-refractivity contribution in [2.24, 2.45) is 11.7 Å². The summed E-state index contributed by atoms with van der Waals surface area (Å²) in [6.07, 6.45) is 4.07. The second-order valence-electron chi connectivity index (χ2n) is 5.81. The topological polar surface area (TPSA) is 58.4 Å². The molecule has 0 bridgehead atoms. The smallest absolute Gasteiger partial charge is 0.132 e. The lowest BCUT2D eigenvalue weighted by Crippen LogP contribution is -2.53. The Labute approximate surface area is 118 Å². The molecule has 4 atom stereocenters. The van der Waals surface area contributed by atoms with Gasteiger partial charge in [-0.3, -0.25) is 4.79 Å². The van der Waals surface area contributed by atoms with E-state index in [1.165, 1.54) is 6.42 Å². The number of carbonyl (C=O) groups is 1. The highest BCUT2D eigenvalue weighted by molar-refractivity contribution is 5.78. The molecule has 0 aromatic carbocycles. The van der Waals surface area contributed by atoms with Gasteiger partial charge < -0.3 is 16.0 Å². The molecule has 0 spiro atoms. The molecule has 0 aromatic rings. The number of hydrogen-bond acceptors (Lipinski definition) is 4. The molecule has 2 rings (SSSR count). The molecule has 1 saturated carbocycles. The van der Waals surface area contributed by atoms with E-state index in [0.29, 0.717) is 17.9 Å². The van der Waals surface area contributed by atoms with Crippen molar-refractivity contribution in [3.8, 4) is 0 Å². The SMILES string of the molecule is CC.CC(=O)C1CCC(N)C(NC2CCN(C)C2)C1. The molecule has 1 aliphatic carbocycles. The van der Waals surface area contributed by atoms with Crippen LogP contribution in [0.2, 0.25) is 0 Å². The molecule has 1 saturated heterocycles. The predicted molar refractivity (Wildman–Crippen MR) is 80.2 cm³/mol. The summed E-state index contributed by atoms with van der Waals surface area (Å²) < 4.78 is 0. The number of likely N-dealkylation sites (tertiary alicyclic amines) is 1. The largest absolute Gasteiger partial charge is 0.326 e. The summed E-state index contributed by atoms with van der Waals surface area (Å²) in [5, 5.41) is 3.66. The van der Waals surface area contributed by atoms with Gasteiger partial charge in [-0.25, -0.2) is 0 Å². The standard InChI is InChI=1S/C13H25N3O.C2H6/c1-9(17)10-3-4-12(14)13(7-10)15-11-5-6-16(2)8-11;1-2/h10-13,15H,3-8,14H2,1-2H3;1-2H3. The normalized spacial score (nSPS) is 35.6. The second kappa shape index (κ2) is 7.98. The molecule has 112 valence electrons. The number of rotatable bonds is 3. The summed E-state index contributed by atoms with van der Waals surface area (Å²) in [6, 6.07) is 1.10. The first kappa shape index (κ1) is 16.6. The van der Waals surface area contributed by atoms with Gasteiger partial charge in [-0.15, -0.1) is 0 Å². The molecule has 0 radical (unpaired) electrons. The van der Waals surface area contributed by atoms with E-state index in [2.05, 4.69) is 17.3 Å². The van der Waals surface area contributed by atoms with Crippen LogP contribution < -0.4 is 11.1 Å². The average Bonchev–Trinajstić information content (AvgIpc) is 2.80. The molecule has 0 aromatic heterocycles. The third-order valence-corrected chi connectivity index (χ3v) is 4.32. The van der Waals surface area contributed by atoms with Crippen LogP contribution in [0.5, 0.6) is 0 Å². The van der Waals surface area contributed by atoms with Crippen molar-refractivity contribution in [3.63, 3.8) is 0 Å². The molecule has 4 unspecified atom stereocenters. The maximum Gasteiger partial charge on any atom is 0.132 e. The van der Waals surface area contributed by atoms with Gasteiger partial charge in [-0.2, -0.15) is 0 Å². The first-order valence-corrected chi connectivity index (χ1v) is 7.77. The van der Waals surface area contributed by atoms with Gasteiger partial charge in [0.05, 0.1) is 0 Å². The van der Waals surface area contributed by atoms with Crippen LogP contribution in [-0.2, 0) is 4.79 Å². The van der Waals surface area contributed by atoms with Crippen LogP contribution in [0.4, 0.5) is 0 Å². The molecular weight excluding hydrogens is 238 g/mol. The number of Topliss-reactive ketones (excluding diaryl/α,β-unsaturated/α-hetero) is 1. The van der Waals surface area contributed by atoms with Crippen LogP contribution in [0.25, 0.3) is 0 Å². The lowest BCUT2D eigenvalue weighted by atomic mass is 9.80. The number of nitrogens with two attached hydrogens (primary N) is 1. The molecular formula is C15H31N3O. The Bertz CT molecular complexity index is 283. The Balaban J connectivity index is 0.000000861. The van der Waals surface area contributed by atoms with Gasteiger partial charge in [0.1, 0.15) is 5.78 Å². The molecule has 19 heavy (non-hydrogen) atoms. The Morgan fingerprint density at radius 2 is 1.95 bits per heavy atom. The van der Waals surface area contributed by atoms with Crippen molar-refractivity contribution in [3.05, 3.63) is 0 Å². The molecule has 4 nitrogen and oxygen atoms in total. The van der Waals surface area contributed by atoms with Crippen LogP contribution in [0.1, 0.15) is 46.5 Å². The highest BCUT2D eigenvalue weighted by atomic mass is 16.1. The minimum atomic E-state index is 0.219. The summed E-state index contributed by atoms with van der Waals surface area (Å²) in [5.41, 5.74) is 6.17. The number of nitrogens with one attached hydrogen (secondary N) is 1. The fourth-order valence-electron chi connectivity index (χ4n) is 3.13. The fourth-order valence-corrected chi connectivity index (χ4v) is 3.13. The van der Waals surface area contributed by atoms with Crippen molar-refractivity contribution in [2.75, 3.05) is 20.1 Å². The van der Waals surface area contributed by atoms with E-state index in [1.54, 1.807) is 6.92 Å². The van der Waals surface area contributed by atoms with Gasteiger partial charge in [-0.1, -0.05) is 13.8 Å². The summed E-state index contributed by atoms with van der Waals surface area (Å²) in [5.74, 6) is 0.554. The minimum Gasteiger partial charge on any atom is -0.326 e. The summed E-state index contributed by atoms with van der Waals surface area (Å²) in [7, 11) is 2.15. The molecule has 1 heterocycles.